The van der Waals surface area contributed by atoms with Gasteiger partial charge in [0.25, 0.3) is 10.1 Å². The highest BCUT2D eigenvalue weighted by molar-refractivity contribution is 7.85. The maximum Gasteiger partial charge on any atom is 0.323 e. The van der Waals surface area contributed by atoms with E-state index in [1.165, 1.54) is 12.1 Å². The number of carbonyl (C=O) groups is 1. The molecule has 1 unspecified atom stereocenters. The van der Waals surface area contributed by atoms with Gasteiger partial charge in [0.2, 0.25) is 0 Å². The van der Waals surface area contributed by atoms with Crippen LogP contribution in [0.15, 0.2) is 89.8 Å². The minimum Gasteiger partial charge on any atom is -0.460 e. The van der Waals surface area contributed by atoms with E-state index in [9.17, 15) is 13.2 Å². The number of aryl methyl sites for hydroxylation is 1. The van der Waals surface area contributed by atoms with E-state index in [4.69, 9.17) is 9.29 Å². The Labute approximate surface area is 183 Å². The van der Waals surface area contributed by atoms with Crippen LogP contribution in [0.3, 0.4) is 0 Å². The molecule has 0 saturated heterocycles. The summed E-state index contributed by atoms with van der Waals surface area (Å²) in [5.41, 5.74) is 3.07. The zero-order chi connectivity index (χ0) is 22.7. The second-order valence-corrected chi connectivity index (χ2v) is 8.33. The van der Waals surface area contributed by atoms with Crippen molar-refractivity contribution in [2.75, 3.05) is 7.05 Å². The van der Waals surface area contributed by atoms with Crippen molar-refractivity contribution in [1.82, 2.24) is 5.32 Å². The number of carbonyl (C=O) groups excluding carboxylic acids is 1. The van der Waals surface area contributed by atoms with Gasteiger partial charge < -0.3 is 10.1 Å². The lowest BCUT2D eigenvalue weighted by Crippen LogP contribution is -2.37. The fraction of sp³-hybridized carbons (Fsp3) is 0.208. The summed E-state index contributed by atoms with van der Waals surface area (Å²) in [5.74, 6) is -0.222. The third-order valence-corrected chi connectivity index (χ3v) is 5.33. The first-order chi connectivity index (χ1) is 14.8. The number of ether oxygens (including phenoxy) is 1. The van der Waals surface area contributed by atoms with Gasteiger partial charge in [-0.2, -0.15) is 8.42 Å². The molecule has 0 amide bonds. The van der Waals surface area contributed by atoms with E-state index >= 15 is 0 Å². The molecule has 0 aliphatic carbocycles. The Morgan fingerprint density at radius 3 is 1.90 bits per heavy atom. The molecule has 3 aromatic rings. The number of hydrogen-bond acceptors (Lipinski definition) is 5. The normalized spacial score (nSPS) is 11.7. The first kappa shape index (κ1) is 24.3. The van der Waals surface area contributed by atoms with Crippen LogP contribution in [0, 0.1) is 6.92 Å². The summed E-state index contributed by atoms with van der Waals surface area (Å²) in [5, 5.41) is 3.01. The third kappa shape index (κ3) is 8.72. The van der Waals surface area contributed by atoms with Gasteiger partial charge in [-0.05, 0) is 43.7 Å². The molecule has 0 aliphatic heterocycles. The third-order valence-electron chi connectivity index (χ3n) is 4.46. The summed E-state index contributed by atoms with van der Waals surface area (Å²) < 4.78 is 34.9. The van der Waals surface area contributed by atoms with Gasteiger partial charge in [0.05, 0.1) is 4.90 Å². The van der Waals surface area contributed by atoms with Crippen molar-refractivity contribution < 1.29 is 22.5 Å². The molecule has 3 rings (SSSR count). The SMILES string of the molecule is CNC(Cc1ccccc1)C(=O)OCc1ccccc1.Cc1ccc(S(=O)(=O)O)cc1. The van der Waals surface area contributed by atoms with E-state index in [1.54, 1.807) is 19.2 Å². The molecule has 7 heteroatoms. The Kier molecular flexibility index (Phi) is 9.40. The molecule has 2 N–H and O–H groups in total. The van der Waals surface area contributed by atoms with E-state index in [0.29, 0.717) is 13.0 Å². The Bertz CT molecular complexity index is 1040. The van der Waals surface area contributed by atoms with E-state index in [0.717, 1.165) is 16.7 Å². The van der Waals surface area contributed by atoms with Crippen LogP contribution in [0.25, 0.3) is 0 Å². The summed E-state index contributed by atoms with van der Waals surface area (Å²) in [6.45, 7) is 2.15. The predicted octanol–water partition coefficient (Wildman–Crippen LogP) is 3.80. The van der Waals surface area contributed by atoms with Crippen LogP contribution in [-0.2, 0) is 32.7 Å². The number of hydrogen-bond donors (Lipinski definition) is 2. The van der Waals surface area contributed by atoms with Gasteiger partial charge in [-0.1, -0.05) is 78.4 Å². The van der Waals surface area contributed by atoms with Gasteiger partial charge in [-0.15, -0.1) is 0 Å². The van der Waals surface area contributed by atoms with E-state index in [2.05, 4.69) is 5.32 Å². The van der Waals surface area contributed by atoms with Gasteiger partial charge in [0.15, 0.2) is 0 Å². The Morgan fingerprint density at radius 2 is 1.42 bits per heavy atom. The number of likely N-dealkylation sites (N-methyl/N-ethyl adjacent to an activating group) is 1. The molecule has 0 aromatic heterocycles. The van der Waals surface area contributed by atoms with Crippen LogP contribution < -0.4 is 5.32 Å². The summed E-state index contributed by atoms with van der Waals surface area (Å²) in [6.07, 6.45) is 0.630. The molecule has 31 heavy (non-hydrogen) atoms. The number of esters is 1. The van der Waals surface area contributed by atoms with E-state index in [-0.39, 0.29) is 16.9 Å². The molecular formula is C24H27NO5S. The van der Waals surface area contributed by atoms with Gasteiger partial charge in [-0.3, -0.25) is 9.35 Å². The van der Waals surface area contributed by atoms with Crippen molar-refractivity contribution in [2.24, 2.45) is 0 Å². The molecule has 6 nitrogen and oxygen atoms in total. The highest BCUT2D eigenvalue weighted by Crippen LogP contribution is 2.09. The van der Waals surface area contributed by atoms with Gasteiger partial charge in [-0.25, -0.2) is 0 Å². The van der Waals surface area contributed by atoms with Crippen LogP contribution in [0.1, 0.15) is 16.7 Å². The molecular weight excluding hydrogens is 414 g/mol. The Hall–Kier alpha value is -3.00. The first-order valence-corrected chi connectivity index (χ1v) is 11.2. The molecule has 0 fully saturated rings. The standard InChI is InChI=1S/C17H19NO2.C7H8O3S/c1-18-16(12-14-8-4-2-5-9-14)17(19)20-13-15-10-6-3-7-11-15;1-6-2-4-7(5-3-6)11(8,9)10/h2-11,16,18H,12-13H2,1H3;2-5H,1H3,(H,8,9,10). The minimum absolute atomic E-state index is 0.0666. The molecule has 0 aliphatic rings. The average molecular weight is 442 g/mol. The smallest absolute Gasteiger partial charge is 0.323 e. The quantitative estimate of drug-likeness (QED) is 0.428. The van der Waals surface area contributed by atoms with Crippen LogP contribution >= 0.6 is 0 Å². The molecule has 0 heterocycles. The second kappa shape index (κ2) is 12.0. The maximum absolute atomic E-state index is 12.1. The van der Waals surface area contributed by atoms with Crippen molar-refractivity contribution >= 4 is 16.1 Å². The highest BCUT2D eigenvalue weighted by Gasteiger charge is 2.18. The number of nitrogens with one attached hydrogen (secondary N) is 1. The van der Waals surface area contributed by atoms with E-state index in [1.807, 2.05) is 67.6 Å². The second-order valence-electron chi connectivity index (χ2n) is 6.91. The average Bonchev–Trinajstić information content (AvgIpc) is 2.77. The summed E-state index contributed by atoms with van der Waals surface area (Å²) in [6, 6.07) is 25.3. The highest BCUT2D eigenvalue weighted by atomic mass is 32.2. The summed E-state index contributed by atoms with van der Waals surface area (Å²) in [4.78, 5) is 12.0. The largest absolute Gasteiger partial charge is 0.460 e. The molecule has 0 bridgehead atoms. The van der Waals surface area contributed by atoms with Crippen molar-refractivity contribution in [3.63, 3.8) is 0 Å². The number of rotatable bonds is 7. The Morgan fingerprint density at radius 1 is 0.903 bits per heavy atom. The summed E-state index contributed by atoms with van der Waals surface area (Å²) >= 11 is 0. The van der Waals surface area contributed by atoms with Crippen molar-refractivity contribution in [1.29, 1.82) is 0 Å². The maximum atomic E-state index is 12.1. The van der Waals surface area contributed by atoms with Crippen LogP contribution in [0.5, 0.6) is 0 Å². The van der Waals surface area contributed by atoms with Crippen molar-refractivity contribution in [3.05, 3.63) is 102 Å². The molecule has 1 atom stereocenters. The van der Waals surface area contributed by atoms with Gasteiger partial charge >= 0.3 is 5.97 Å². The lowest BCUT2D eigenvalue weighted by Gasteiger charge is -2.15. The van der Waals surface area contributed by atoms with Gasteiger partial charge in [0.1, 0.15) is 12.6 Å². The van der Waals surface area contributed by atoms with Crippen LogP contribution in [0.2, 0.25) is 0 Å². The van der Waals surface area contributed by atoms with Crippen molar-refractivity contribution in [2.45, 2.75) is 30.9 Å². The van der Waals surface area contributed by atoms with E-state index < -0.39 is 10.1 Å². The predicted molar refractivity (Wildman–Crippen MR) is 120 cm³/mol. The topological polar surface area (TPSA) is 92.7 Å². The fourth-order valence-electron chi connectivity index (χ4n) is 2.69. The van der Waals surface area contributed by atoms with Crippen molar-refractivity contribution in [3.8, 4) is 0 Å². The zero-order valence-corrected chi connectivity index (χ0v) is 18.4. The number of benzene rings is 3. The zero-order valence-electron chi connectivity index (χ0n) is 17.6. The first-order valence-electron chi connectivity index (χ1n) is 9.75. The molecule has 0 radical (unpaired) electrons. The van der Waals surface area contributed by atoms with Crippen LogP contribution in [0.4, 0.5) is 0 Å². The Balaban J connectivity index is 0.000000262. The summed E-state index contributed by atoms with van der Waals surface area (Å²) in [7, 11) is -2.24. The fourth-order valence-corrected chi connectivity index (χ4v) is 3.17. The lowest BCUT2D eigenvalue weighted by atomic mass is 10.1. The molecule has 0 saturated carbocycles. The molecule has 0 spiro atoms. The minimum atomic E-state index is -4.02. The molecule has 3 aromatic carbocycles. The lowest BCUT2D eigenvalue weighted by molar-refractivity contribution is -0.147. The van der Waals surface area contributed by atoms with Gasteiger partial charge in [0, 0.05) is 0 Å². The molecule has 164 valence electrons. The van der Waals surface area contributed by atoms with Crippen LogP contribution in [-0.4, -0.2) is 32.0 Å². The monoisotopic (exact) mass is 441 g/mol.